The Bertz CT molecular complexity index is 378. The second-order valence-corrected chi connectivity index (χ2v) is 7.71. The van der Waals surface area contributed by atoms with Gasteiger partial charge in [-0.15, -0.1) is 0 Å². The fraction of sp³-hybridized carbons (Fsp3) is 1.00. The highest BCUT2D eigenvalue weighted by atomic mass is 32.2. The Labute approximate surface area is 123 Å². The molecule has 1 aliphatic carbocycles. The van der Waals surface area contributed by atoms with E-state index in [0.29, 0.717) is 19.1 Å². The van der Waals surface area contributed by atoms with Crippen molar-refractivity contribution in [2.75, 3.05) is 46.3 Å². The first-order valence-electron chi connectivity index (χ1n) is 7.74. The maximum Gasteiger partial charge on any atom is 0.279 e. The molecule has 0 amide bonds. The molecule has 1 heterocycles. The van der Waals surface area contributed by atoms with Crippen molar-refractivity contribution in [3.05, 3.63) is 0 Å². The molecule has 20 heavy (non-hydrogen) atoms. The van der Waals surface area contributed by atoms with E-state index in [1.54, 1.807) is 7.05 Å². The van der Waals surface area contributed by atoms with Gasteiger partial charge in [-0.05, 0) is 51.7 Å². The van der Waals surface area contributed by atoms with Crippen molar-refractivity contribution < 1.29 is 8.42 Å². The Morgan fingerprint density at radius 2 is 1.90 bits per heavy atom. The van der Waals surface area contributed by atoms with Gasteiger partial charge in [-0.3, -0.25) is 0 Å². The van der Waals surface area contributed by atoms with Gasteiger partial charge in [0.05, 0.1) is 0 Å². The van der Waals surface area contributed by atoms with Crippen LogP contribution in [0.2, 0.25) is 0 Å². The maximum atomic E-state index is 12.0. The predicted molar refractivity (Wildman–Crippen MR) is 80.9 cm³/mol. The SMILES string of the molecule is CN(CCCNC1CC1)S(=O)(=O)NCCN1CCCC1. The zero-order valence-electron chi connectivity index (χ0n) is 12.5. The molecule has 0 radical (unpaired) electrons. The first-order chi connectivity index (χ1) is 9.58. The predicted octanol–water partition coefficient (Wildman–Crippen LogP) is -0.00950. The van der Waals surface area contributed by atoms with Gasteiger partial charge in [0, 0.05) is 32.7 Å². The Balaban J connectivity index is 1.57. The van der Waals surface area contributed by atoms with E-state index in [2.05, 4.69) is 14.9 Å². The van der Waals surface area contributed by atoms with Crippen molar-refractivity contribution in [1.29, 1.82) is 0 Å². The van der Waals surface area contributed by atoms with E-state index >= 15 is 0 Å². The van der Waals surface area contributed by atoms with Crippen LogP contribution in [-0.2, 0) is 10.2 Å². The number of nitrogens with zero attached hydrogens (tertiary/aromatic N) is 2. The average Bonchev–Trinajstić information content (AvgIpc) is 3.09. The van der Waals surface area contributed by atoms with Crippen molar-refractivity contribution >= 4 is 10.2 Å². The van der Waals surface area contributed by atoms with Gasteiger partial charge in [-0.1, -0.05) is 0 Å². The Hall–Kier alpha value is -0.210. The zero-order valence-corrected chi connectivity index (χ0v) is 13.3. The Kier molecular flexibility index (Phi) is 6.22. The molecule has 1 aliphatic heterocycles. The topological polar surface area (TPSA) is 64.7 Å². The molecule has 0 atom stereocenters. The highest BCUT2D eigenvalue weighted by molar-refractivity contribution is 7.87. The third-order valence-corrected chi connectivity index (χ3v) is 5.55. The normalized spacial score (nSPS) is 20.9. The minimum Gasteiger partial charge on any atom is -0.314 e. The standard InChI is InChI=1S/C13H28N4O2S/c1-16(9-4-7-14-13-5-6-13)20(18,19)15-8-12-17-10-2-3-11-17/h13-15H,2-12H2,1H3. The quantitative estimate of drug-likeness (QED) is 0.557. The summed E-state index contributed by atoms with van der Waals surface area (Å²) < 4.78 is 28.1. The van der Waals surface area contributed by atoms with E-state index in [1.807, 2.05) is 0 Å². The van der Waals surface area contributed by atoms with Gasteiger partial charge in [0.25, 0.3) is 10.2 Å². The Morgan fingerprint density at radius 3 is 2.55 bits per heavy atom. The number of hydrogen-bond acceptors (Lipinski definition) is 4. The van der Waals surface area contributed by atoms with Crippen molar-refractivity contribution in [2.45, 2.75) is 38.1 Å². The van der Waals surface area contributed by atoms with Crippen LogP contribution in [0.15, 0.2) is 0 Å². The molecule has 1 saturated heterocycles. The van der Waals surface area contributed by atoms with Gasteiger partial charge in [0.15, 0.2) is 0 Å². The van der Waals surface area contributed by atoms with Gasteiger partial charge in [0.1, 0.15) is 0 Å². The molecule has 2 rings (SSSR count). The lowest BCUT2D eigenvalue weighted by Crippen LogP contribution is -2.42. The fourth-order valence-corrected chi connectivity index (χ4v) is 3.40. The zero-order chi connectivity index (χ0) is 14.4. The summed E-state index contributed by atoms with van der Waals surface area (Å²) in [5.74, 6) is 0. The molecule has 0 unspecified atom stereocenters. The molecular weight excluding hydrogens is 276 g/mol. The van der Waals surface area contributed by atoms with Crippen LogP contribution in [0.5, 0.6) is 0 Å². The van der Waals surface area contributed by atoms with Crippen LogP contribution in [0, 0.1) is 0 Å². The molecular formula is C13H28N4O2S. The number of hydrogen-bond donors (Lipinski definition) is 2. The van der Waals surface area contributed by atoms with Crippen molar-refractivity contribution in [2.24, 2.45) is 0 Å². The van der Waals surface area contributed by atoms with E-state index in [1.165, 1.54) is 30.0 Å². The molecule has 7 heteroatoms. The highest BCUT2D eigenvalue weighted by Crippen LogP contribution is 2.18. The number of rotatable bonds is 10. The molecule has 2 N–H and O–H groups in total. The number of likely N-dealkylation sites (tertiary alicyclic amines) is 1. The molecule has 2 aliphatic rings. The van der Waals surface area contributed by atoms with E-state index < -0.39 is 10.2 Å². The van der Waals surface area contributed by atoms with Gasteiger partial charge >= 0.3 is 0 Å². The van der Waals surface area contributed by atoms with Crippen LogP contribution < -0.4 is 10.0 Å². The largest absolute Gasteiger partial charge is 0.314 e. The van der Waals surface area contributed by atoms with Crippen LogP contribution >= 0.6 is 0 Å². The van der Waals surface area contributed by atoms with Crippen molar-refractivity contribution in [3.8, 4) is 0 Å². The first kappa shape index (κ1) is 16.2. The molecule has 0 aromatic carbocycles. The summed E-state index contributed by atoms with van der Waals surface area (Å²) >= 11 is 0. The minimum atomic E-state index is -3.31. The summed E-state index contributed by atoms with van der Waals surface area (Å²) in [7, 11) is -1.66. The van der Waals surface area contributed by atoms with Gasteiger partial charge in [-0.2, -0.15) is 12.7 Å². The first-order valence-corrected chi connectivity index (χ1v) is 9.18. The molecule has 118 valence electrons. The lowest BCUT2D eigenvalue weighted by molar-refractivity contribution is 0.341. The smallest absolute Gasteiger partial charge is 0.279 e. The molecule has 0 spiro atoms. The van der Waals surface area contributed by atoms with E-state index in [9.17, 15) is 8.42 Å². The van der Waals surface area contributed by atoms with Gasteiger partial charge in [-0.25, -0.2) is 4.72 Å². The summed E-state index contributed by atoms with van der Waals surface area (Å²) in [4.78, 5) is 2.31. The fourth-order valence-electron chi connectivity index (χ4n) is 2.46. The highest BCUT2D eigenvalue weighted by Gasteiger charge is 2.21. The van der Waals surface area contributed by atoms with Gasteiger partial charge < -0.3 is 10.2 Å². The molecule has 2 fully saturated rings. The lowest BCUT2D eigenvalue weighted by atomic mass is 10.4. The lowest BCUT2D eigenvalue weighted by Gasteiger charge is -2.19. The second kappa shape index (κ2) is 7.70. The number of nitrogens with one attached hydrogen (secondary N) is 2. The van der Waals surface area contributed by atoms with E-state index in [0.717, 1.165) is 32.6 Å². The molecule has 6 nitrogen and oxygen atoms in total. The molecule has 1 saturated carbocycles. The van der Waals surface area contributed by atoms with Crippen LogP contribution in [0.4, 0.5) is 0 Å². The average molecular weight is 304 g/mol. The summed E-state index contributed by atoms with van der Waals surface area (Å²) in [6, 6.07) is 0.690. The van der Waals surface area contributed by atoms with Crippen LogP contribution in [0.25, 0.3) is 0 Å². The second-order valence-electron chi connectivity index (χ2n) is 5.85. The Morgan fingerprint density at radius 1 is 1.20 bits per heavy atom. The van der Waals surface area contributed by atoms with Crippen molar-refractivity contribution in [3.63, 3.8) is 0 Å². The van der Waals surface area contributed by atoms with Crippen LogP contribution in [-0.4, -0.2) is 70.0 Å². The van der Waals surface area contributed by atoms with Crippen molar-refractivity contribution in [1.82, 2.24) is 19.2 Å². The van der Waals surface area contributed by atoms with Crippen LogP contribution in [0.1, 0.15) is 32.1 Å². The van der Waals surface area contributed by atoms with E-state index in [4.69, 9.17) is 0 Å². The summed E-state index contributed by atoms with van der Waals surface area (Å²) in [5.41, 5.74) is 0. The summed E-state index contributed by atoms with van der Waals surface area (Å²) in [6.45, 7) is 5.00. The van der Waals surface area contributed by atoms with Crippen LogP contribution in [0.3, 0.4) is 0 Å². The third-order valence-electron chi connectivity index (χ3n) is 3.98. The minimum absolute atomic E-state index is 0.507. The summed E-state index contributed by atoms with van der Waals surface area (Å²) in [5, 5.41) is 3.40. The molecule has 0 bridgehead atoms. The maximum absolute atomic E-state index is 12.0. The molecule has 0 aromatic rings. The van der Waals surface area contributed by atoms with E-state index in [-0.39, 0.29) is 0 Å². The molecule has 0 aromatic heterocycles. The third kappa shape index (κ3) is 5.65. The summed E-state index contributed by atoms with van der Waals surface area (Å²) in [6.07, 6.45) is 5.87. The van der Waals surface area contributed by atoms with Gasteiger partial charge in [0.2, 0.25) is 0 Å². The monoisotopic (exact) mass is 304 g/mol.